The number of hydrogen-bond acceptors (Lipinski definition) is 2. The van der Waals surface area contributed by atoms with Gasteiger partial charge in [0.05, 0.1) is 6.07 Å². The summed E-state index contributed by atoms with van der Waals surface area (Å²) in [5.41, 5.74) is 2.58. The number of nitrogens with zero attached hydrogens (tertiary/aromatic N) is 1. The zero-order valence-electron chi connectivity index (χ0n) is 14.2. The summed E-state index contributed by atoms with van der Waals surface area (Å²) >= 11 is 0. The van der Waals surface area contributed by atoms with Gasteiger partial charge < -0.3 is 5.32 Å². The molecular formula is C20H26N2O. The number of carbonyl (C=O) groups is 1. The van der Waals surface area contributed by atoms with Gasteiger partial charge in [0, 0.05) is 17.5 Å². The van der Waals surface area contributed by atoms with E-state index in [-0.39, 0.29) is 16.9 Å². The molecule has 0 spiro atoms. The highest BCUT2D eigenvalue weighted by Crippen LogP contribution is 2.60. The van der Waals surface area contributed by atoms with Crippen molar-refractivity contribution in [1.82, 2.24) is 5.32 Å². The van der Waals surface area contributed by atoms with E-state index in [2.05, 4.69) is 37.4 Å². The molecule has 0 bridgehead atoms. The minimum absolute atomic E-state index is 0.000520. The standard InChI is InChI=1S/C20H26N2O/c1-19-9-7-13(12-21)11-14(19)3-4-15-16(19)8-10-20(2)17(15)5-6-18(23)22-20/h3,11,15-17H,4-10H2,1-2H3,(H,22,23)/t15-,16+,17+,19+,20+/m1/s1. The molecule has 1 saturated carbocycles. The van der Waals surface area contributed by atoms with Crippen LogP contribution in [0.3, 0.4) is 0 Å². The van der Waals surface area contributed by atoms with E-state index >= 15 is 0 Å². The smallest absolute Gasteiger partial charge is 0.220 e. The lowest BCUT2D eigenvalue weighted by Crippen LogP contribution is -2.62. The molecule has 0 radical (unpaired) electrons. The number of fused-ring (bicyclic) bond motifs is 5. The van der Waals surface area contributed by atoms with Crippen molar-refractivity contribution in [2.45, 2.75) is 64.3 Å². The molecule has 1 N–H and O–H groups in total. The maximum atomic E-state index is 11.9. The third kappa shape index (κ3) is 2.11. The van der Waals surface area contributed by atoms with Crippen molar-refractivity contribution in [3.05, 3.63) is 23.3 Å². The van der Waals surface area contributed by atoms with E-state index in [1.807, 2.05) is 0 Å². The van der Waals surface area contributed by atoms with Gasteiger partial charge >= 0.3 is 0 Å². The van der Waals surface area contributed by atoms with Gasteiger partial charge in [-0.1, -0.05) is 13.0 Å². The fourth-order valence-electron chi connectivity index (χ4n) is 6.09. The van der Waals surface area contributed by atoms with E-state index in [0.717, 1.165) is 37.7 Å². The number of piperidine rings is 1. The Morgan fingerprint density at radius 1 is 1.22 bits per heavy atom. The summed E-state index contributed by atoms with van der Waals surface area (Å²) in [4.78, 5) is 11.9. The Morgan fingerprint density at radius 3 is 2.83 bits per heavy atom. The highest BCUT2D eigenvalue weighted by atomic mass is 16.1. The van der Waals surface area contributed by atoms with Crippen LogP contribution in [0.2, 0.25) is 0 Å². The van der Waals surface area contributed by atoms with Crippen LogP contribution in [-0.2, 0) is 4.79 Å². The van der Waals surface area contributed by atoms with Gasteiger partial charge in [0.2, 0.25) is 5.91 Å². The predicted octanol–water partition coefficient (Wildman–Crippen LogP) is 3.88. The lowest BCUT2D eigenvalue weighted by Gasteiger charge is -2.59. The van der Waals surface area contributed by atoms with Crippen molar-refractivity contribution in [1.29, 1.82) is 5.26 Å². The molecule has 5 atom stereocenters. The molecular weight excluding hydrogens is 284 g/mol. The molecule has 0 aromatic heterocycles. The second-order valence-electron chi connectivity index (χ2n) is 8.51. The van der Waals surface area contributed by atoms with Crippen molar-refractivity contribution >= 4 is 5.91 Å². The van der Waals surface area contributed by atoms with Crippen LogP contribution >= 0.6 is 0 Å². The van der Waals surface area contributed by atoms with Crippen molar-refractivity contribution in [2.24, 2.45) is 23.2 Å². The summed E-state index contributed by atoms with van der Waals surface area (Å²) in [5.74, 6) is 2.22. The topological polar surface area (TPSA) is 52.9 Å². The predicted molar refractivity (Wildman–Crippen MR) is 89.2 cm³/mol. The Labute approximate surface area is 138 Å². The summed E-state index contributed by atoms with van der Waals surface area (Å²) in [7, 11) is 0. The summed E-state index contributed by atoms with van der Waals surface area (Å²) in [6, 6.07) is 2.36. The van der Waals surface area contributed by atoms with Gasteiger partial charge in [0.25, 0.3) is 0 Å². The molecule has 122 valence electrons. The van der Waals surface area contributed by atoms with E-state index in [1.54, 1.807) is 0 Å². The van der Waals surface area contributed by atoms with E-state index in [9.17, 15) is 10.1 Å². The summed E-state index contributed by atoms with van der Waals surface area (Å²) < 4.78 is 0. The third-order valence-corrected chi connectivity index (χ3v) is 7.41. The number of nitrogens with one attached hydrogen (secondary N) is 1. The van der Waals surface area contributed by atoms with Crippen molar-refractivity contribution in [3.63, 3.8) is 0 Å². The van der Waals surface area contributed by atoms with Gasteiger partial charge in [-0.3, -0.25) is 4.79 Å². The van der Waals surface area contributed by atoms with E-state index < -0.39 is 0 Å². The largest absolute Gasteiger partial charge is 0.351 e. The Bertz CT molecular complexity index is 655. The van der Waals surface area contributed by atoms with Crippen LogP contribution in [0.5, 0.6) is 0 Å². The Hall–Kier alpha value is -1.56. The first-order valence-electron chi connectivity index (χ1n) is 9.08. The van der Waals surface area contributed by atoms with Gasteiger partial charge in [0.15, 0.2) is 0 Å². The highest BCUT2D eigenvalue weighted by Gasteiger charge is 2.55. The summed E-state index contributed by atoms with van der Waals surface area (Å²) in [6.07, 6.45) is 11.7. The number of rotatable bonds is 0. The average Bonchev–Trinajstić information content (AvgIpc) is 2.52. The van der Waals surface area contributed by atoms with Crippen molar-refractivity contribution < 1.29 is 4.79 Å². The molecule has 3 heteroatoms. The quantitative estimate of drug-likeness (QED) is 0.738. The molecule has 4 aliphatic rings. The zero-order valence-corrected chi connectivity index (χ0v) is 14.2. The molecule has 0 unspecified atom stereocenters. The van der Waals surface area contributed by atoms with Gasteiger partial charge in [0.1, 0.15) is 0 Å². The molecule has 1 saturated heterocycles. The number of hydrogen-bond donors (Lipinski definition) is 1. The molecule has 3 aliphatic carbocycles. The van der Waals surface area contributed by atoms with Gasteiger partial charge in [-0.25, -0.2) is 0 Å². The molecule has 1 heterocycles. The fraction of sp³-hybridized carbons (Fsp3) is 0.700. The van der Waals surface area contributed by atoms with Crippen LogP contribution in [0, 0.1) is 34.5 Å². The lowest BCUT2D eigenvalue weighted by molar-refractivity contribution is -0.131. The van der Waals surface area contributed by atoms with E-state index in [1.165, 1.54) is 12.0 Å². The number of amides is 1. The second-order valence-corrected chi connectivity index (χ2v) is 8.51. The summed E-state index contributed by atoms with van der Waals surface area (Å²) in [6.45, 7) is 4.69. The van der Waals surface area contributed by atoms with Crippen LogP contribution in [-0.4, -0.2) is 11.4 Å². The van der Waals surface area contributed by atoms with Crippen LogP contribution in [0.15, 0.2) is 23.3 Å². The zero-order chi connectivity index (χ0) is 16.2. The fourth-order valence-corrected chi connectivity index (χ4v) is 6.09. The van der Waals surface area contributed by atoms with Gasteiger partial charge in [-0.05, 0) is 80.3 Å². The molecule has 2 fully saturated rings. The minimum atomic E-state index is 0.000520. The number of nitriles is 1. The first-order valence-corrected chi connectivity index (χ1v) is 9.08. The first kappa shape index (κ1) is 15.0. The van der Waals surface area contributed by atoms with Crippen LogP contribution in [0.4, 0.5) is 0 Å². The van der Waals surface area contributed by atoms with Gasteiger partial charge in [-0.2, -0.15) is 5.26 Å². The molecule has 23 heavy (non-hydrogen) atoms. The molecule has 3 nitrogen and oxygen atoms in total. The molecule has 0 aromatic carbocycles. The highest BCUT2D eigenvalue weighted by molar-refractivity contribution is 5.77. The van der Waals surface area contributed by atoms with E-state index in [0.29, 0.717) is 24.2 Å². The third-order valence-electron chi connectivity index (χ3n) is 7.41. The minimum Gasteiger partial charge on any atom is -0.351 e. The normalized spacial score (nSPS) is 45.4. The molecule has 1 amide bonds. The van der Waals surface area contributed by atoms with Crippen molar-refractivity contribution in [3.8, 4) is 6.07 Å². The summed E-state index contributed by atoms with van der Waals surface area (Å²) in [5, 5.41) is 12.5. The van der Waals surface area contributed by atoms with Crippen LogP contribution in [0.1, 0.15) is 58.8 Å². The first-order chi connectivity index (χ1) is 11.0. The van der Waals surface area contributed by atoms with E-state index in [4.69, 9.17) is 0 Å². The van der Waals surface area contributed by atoms with Crippen LogP contribution in [0.25, 0.3) is 0 Å². The van der Waals surface area contributed by atoms with Crippen molar-refractivity contribution in [2.75, 3.05) is 0 Å². The lowest BCUT2D eigenvalue weighted by atomic mass is 9.48. The molecule has 4 rings (SSSR count). The molecule has 0 aromatic rings. The number of carbonyl (C=O) groups excluding carboxylic acids is 1. The number of allylic oxidation sites excluding steroid dienone is 4. The maximum Gasteiger partial charge on any atom is 0.220 e. The monoisotopic (exact) mass is 310 g/mol. The maximum absolute atomic E-state index is 11.9. The Morgan fingerprint density at radius 2 is 2.04 bits per heavy atom. The Kier molecular flexibility index (Phi) is 3.24. The SMILES string of the molecule is C[C@]12CCC(C#N)=CC1=CC[C@@H]1[C@@H]2CC[C@]2(C)NC(=O)CC[C@@H]12. The van der Waals surface area contributed by atoms with Gasteiger partial charge in [-0.15, -0.1) is 0 Å². The Balaban J connectivity index is 1.69. The molecule has 1 aliphatic heterocycles. The average molecular weight is 310 g/mol. The second kappa shape index (κ2) is 4.97. The van der Waals surface area contributed by atoms with Crippen LogP contribution < -0.4 is 5.32 Å².